The Labute approximate surface area is 154 Å². The number of hydrogen-bond donors (Lipinski definition) is 1. The van der Waals surface area contributed by atoms with Crippen LogP contribution in [0.3, 0.4) is 0 Å². The van der Waals surface area contributed by atoms with Gasteiger partial charge in [-0.3, -0.25) is 4.79 Å². The smallest absolute Gasteiger partial charge is 0.252 e. The number of thiophene rings is 1. The first kappa shape index (κ1) is 18.8. The number of carbonyl (C=O) groups is 1. The number of amides is 1. The zero-order chi connectivity index (χ0) is 18.0. The van der Waals surface area contributed by atoms with Crippen LogP contribution in [0.25, 0.3) is 0 Å². The summed E-state index contributed by atoms with van der Waals surface area (Å²) in [4.78, 5) is 15.8. The predicted octanol–water partition coefficient (Wildman–Crippen LogP) is 1.67. The van der Waals surface area contributed by atoms with Gasteiger partial charge in [0.05, 0.1) is 5.92 Å². The van der Waals surface area contributed by atoms with Crippen LogP contribution in [0, 0.1) is 12.8 Å². The molecule has 1 amide bonds. The molecule has 2 fully saturated rings. The number of piperidine rings is 2. The van der Waals surface area contributed by atoms with Gasteiger partial charge in [0.25, 0.3) is 10.0 Å². The van der Waals surface area contributed by atoms with Crippen molar-refractivity contribution >= 4 is 27.3 Å². The second kappa shape index (κ2) is 7.73. The Balaban J connectivity index is 1.69. The zero-order valence-corrected chi connectivity index (χ0v) is 16.5. The summed E-state index contributed by atoms with van der Waals surface area (Å²) in [5.74, 6) is -0.109. The van der Waals surface area contributed by atoms with E-state index in [9.17, 15) is 13.2 Å². The predicted molar refractivity (Wildman–Crippen MR) is 99.2 cm³/mol. The highest BCUT2D eigenvalue weighted by atomic mass is 32.2. The molecule has 6 nitrogen and oxygen atoms in total. The summed E-state index contributed by atoms with van der Waals surface area (Å²) in [6.07, 6.45) is 3.60. The molecule has 3 heterocycles. The fraction of sp³-hybridized carbons (Fsp3) is 0.706. The van der Waals surface area contributed by atoms with E-state index < -0.39 is 10.0 Å². The maximum Gasteiger partial charge on any atom is 0.252 e. The molecule has 8 heteroatoms. The molecule has 0 bridgehead atoms. The van der Waals surface area contributed by atoms with E-state index in [1.54, 1.807) is 6.07 Å². The summed E-state index contributed by atoms with van der Waals surface area (Å²) in [6.45, 7) is 4.22. The molecule has 1 aromatic heterocycles. The molecule has 0 radical (unpaired) electrons. The van der Waals surface area contributed by atoms with Gasteiger partial charge in [-0.1, -0.05) is 0 Å². The number of rotatable bonds is 4. The van der Waals surface area contributed by atoms with Gasteiger partial charge in [0.15, 0.2) is 0 Å². The van der Waals surface area contributed by atoms with E-state index in [4.69, 9.17) is 0 Å². The van der Waals surface area contributed by atoms with Crippen molar-refractivity contribution in [3.8, 4) is 0 Å². The molecule has 0 aromatic carbocycles. The third-order valence-electron chi connectivity index (χ3n) is 5.18. The molecule has 140 valence electrons. The monoisotopic (exact) mass is 385 g/mol. The third kappa shape index (κ3) is 4.07. The molecule has 2 unspecified atom stereocenters. The molecular formula is C17H27N3O3S2. The average Bonchev–Trinajstić information content (AvgIpc) is 3.08. The maximum atomic E-state index is 12.9. The lowest BCUT2D eigenvalue weighted by Gasteiger charge is -2.37. The lowest BCUT2D eigenvalue weighted by Crippen LogP contribution is -2.51. The Bertz CT molecular complexity index is 716. The molecule has 2 aliphatic rings. The summed E-state index contributed by atoms with van der Waals surface area (Å²) < 4.78 is 27.6. The van der Waals surface area contributed by atoms with Crippen molar-refractivity contribution in [3.63, 3.8) is 0 Å². The number of likely N-dealkylation sites (tertiary alicyclic amines) is 1. The van der Waals surface area contributed by atoms with Crippen LogP contribution in [-0.4, -0.2) is 62.8 Å². The lowest BCUT2D eigenvalue weighted by atomic mass is 9.96. The van der Waals surface area contributed by atoms with E-state index >= 15 is 0 Å². The van der Waals surface area contributed by atoms with Gasteiger partial charge in [0.1, 0.15) is 4.21 Å². The molecule has 0 spiro atoms. The van der Waals surface area contributed by atoms with Crippen molar-refractivity contribution in [2.45, 2.75) is 42.9 Å². The van der Waals surface area contributed by atoms with Crippen LogP contribution in [0.15, 0.2) is 16.3 Å². The Kier molecular flexibility index (Phi) is 5.82. The van der Waals surface area contributed by atoms with Crippen LogP contribution in [0.5, 0.6) is 0 Å². The van der Waals surface area contributed by atoms with Crippen LogP contribution in [0.1, 0.15) is 30.6 Å². The number of hydrogen-bond acceptors (Lipinski definition) is 5. The number of aryl methyl sites for hydroxylation is 1. The zero-order valence-electron chi connectivity index (χ0n) is 14.9. The molecule has 1 N–H and O–H groups in total. The number of carbonyl (C=O) groups excluding carboxylic acids is 1. The van der Waals surface area contributed by atoms with Gasteiger partial charge in [-0.25, -0.2) is 8.42 Å². The summed E-state index contributed by atoms with van der Waals surface area (Å²) in [5.41, 5.74) is 0. The first-order chi connectivity index (χ1) is 11.9. The maximum absolute atomic E-state index is 12.9. The van der Waals surface area contributed by atoms with Crippen LogP contribution in [0.2, 0.25) is 0 Å². The Morgan fingerprint density at radius 1 is 1.20 bits per heavy atom. The number of nitrogens with one attached hydrogen (secondary N) is 1. The highest BCUT2D eigenvalue weighted by molar-refractivity contribution is 7.91. The summed E-state index contributed by atoms with van der Waals surface area (Å²) >= 11 is 1.30. The van der Waals surface area contributed by atoms with E-state index in [1.807, 2.05) is 24.9 Å². The summed E-state index contributed by atoms with van der Waals surface area (Å²) in [5, 5.41) is 3.25. The second-order valence-electron chi connectivity index (χ2n) is 6.98. The molecule has 0 aliphatic carbocycles. The van der Waals surface area contributed by atoms with Crippen molar-refractivity contribution in [1.29, 1.82) is 0 Å². The van der Waals surface area contributed by atoms with E-state index in [0.29, 0.717) is 23.3 Å². The van der Waals surface area contributed by atoms with Gasteiger partial charge < -0.3 is 10.2 Å². The Morgan fingerprint density at radius 2 is 1.96 bits per heavy atom. The molecule has 2 saturated heterocycles. The largest absolute Gasteiger partial charge is 0.341 e. The Morgan fingerprint density at radius 3 is 2.64 bits per heavy atom. The van der Waals surface area contributed by atoms with Crippen LogP contribution in [-0.2, 0) is 14.8 Å². The van der Waals surface area contributed by atoms with Gasteiger partial charge in [-0.05, 0) is 51.8 Å². The fourth-order valence-electron chi connectivity index (χ4n) is 3.71. The van der Waals surface area contributed by atoms with E-state index in [-0.39, 0.29) is 11.8 Å². The van der Waals surface area contributed by atoms with Crippen LogP contribution >= 0.6 is 11.3 Å². The fourth-order valence-corrected chi connectivity index (χ4v) is 6.67. The van der Waals surface area contributed by atoms with E-state index in [1.165, 1.54) is 15.6 Å². The number of likely N-dealkylation sites (N-methyl/N-ethyl adjacent to an activating group) is 1. The first-order valence-electron chi connectivity index (χ1n) is 8.94. The van der Waals surface area contributed by atoms with Crippen molar-refractivity contribution in [2.24, 2.45) is 5.92 Å². The minimum Gasteiger partial charge on any atom is -0.341 e. The highest BCUT2D eigenvalue weighted by Crippen LogP contribution is 2.29. The highest BCUT2D eigenvalue weighted by Gasteiger charge is 2.36. The van der Waals surface area contributed by atoms with Crippen molar-refractivity contribution in [3.05, 3.63) is 17.0 Å². The topological polar surface area (TPSA) is 69.7 Å². The molecule has 2 atom stereocenters. The second-order valence-corrected chi connectivity index (χ2v) is 10.4. The number of nitrogens with zero attached hydrogens (tertiary/aromatic N) is 2. The van der Waals surface area contributed by atoms with Gasteiger partial charge in [-0.15, -0.1) is 11.3 Å². The molecule has 2 aliphatic heterocycles. The standard InChI is InChI=1S/C17H27N3O3S2/c1-13-7-8-16(24-13)25(22,23)20-10-3-5-14(11-20)17(21)19-9-4-6-15(12-19)18-2/h7-8,14-15,18H,3-6,9-12H2,1-2H3. The van der Waals surface area contributed by atoms with Crippen LogP contribution < -0.4 is 5.32 Å². The quantitative estimate of drug-likeness (QED) is 0.856. The van der Waals surface area contributed by atoms with Gasteiger partial charge in [0.2, 0.25) is 5.91 Å². The minimum absolute atomic E-state index is 0.113. The Hall–Kier alpha value is -0.960. The van der Waals surface area contributed by atoms with Gasteiger partial charge in [-0.2, -0.15) is 4.31 Å². The molecule has 25 heavy (non-hydrogen) atoms. The molecule has 0 saturated carbocycles. The average molecular weight is 386 g/mol. The van der Waals surface area contributed by atoms with Crippen molar-refractivity contribution in [2.75, 3.05) is 33.2 Å². The van der Waals surface area contributed by atoms with Crippen molar-refractivity contribution < 1.29 is 13.2 Å². The first-order valence-corrected chi connectivity index (χ1v) is 11.2. The molecule has 1 aromatic rings. The van der Waals surface area contributed by atoms with Gasteiger partial charge >= 0.3 is 0 Å². The minimum atomic E-state index is -3.49. The van der Waals surface area contributed by atoms with Crippen molar-refractivity contribution in [1.82, 2.24) is 14.5 Å². The normalized spacial score (nSPS) is 25.9. The van der Waals surface area contributed by atoms with Crippen LogP contribution in [0.4, 0.5) is 0 Å². The van der Waals surface area contributed by atoms with Gasteiger partial charge in [0, 0.05) is 37.1 Å². The van der Waals surface area contributed by atoms with E-state index in [0.717, 1.165) is 43.6 Å². The summed E-state index contributed by atoms with van der Waals surface area (Å²) in [6, 6.07) is 3.84. The SMILES string of the molecule is CNC1CCCN(C(=O)C2CCCN(S(=O)(=O)c3ccc(C)s3)C2)C1. The molecular weight excluding hydrogens is 358 g/mol. The molecule has 3 rings (SSSR count). The number of sulfonamides is 1. The third-order valence-corrected chi connectivity index (χ3v) is 8.52. The summed E-state index contributed by atoms with van der Waals surface area (Å²) in [7, 11) is -1.56. The lowest BCUT2D eigenvalue weighted by molar-refractivity contribution is -0.138. The van der Waals surface area contributed by atoms with E-state index in [2.05, 4.69) is 5.32 Å².